The first-order valence-electron chi connectivity index (χ1n) is 6.16. The molecule has 0 bridgehead atoms. The van der Waals surface area contributed by atoms with Crippen LogP contribution in [-0.4, -0.2) is 35.7 Å². The van der Waals surface area contributed by atoms with E-state index in [1.165, 1.54) is 24.3 Å². The van der Waals surface area contributed by atoms with Crippen LogP contribution in [0.3, 0.4) is 0 Å². The maximum absolute atomic E-state index is 12.1. The van der Waals surface area contributed by atoms with Crippen molar-refractivity contribution in [2.75, 3.05) is 18.4 Å². The minimum atomic E-state index is -4.71. The van der Waals surface area contributed by atoms with Crippen molar-refractivity contribution in [3.8, 4) is 17.2 Å². The Bertz CT molecular complexity index is 608. The second kappa shape index (κ2) is 5.24. The Hall–Kier alpha value is -2.29. The molecule has 2 N–H and O–H groups in total. The smallest absolute Gasteiger partial charge is 0.406 e. The van der Waals surface area contributed by atoms with Crippen molar-refractivity contribution in [1.82, 2.24) is 15.5 Å². The highest BCUT2D eigenvalue weighted by Crippen LogP contribution is 2.26. The fourth-order valence-electron chi connectivity index (χ4n) is 1.76. The van der Waals surface area contributed by atoms with Gasteiger partial charge in [0.2, 0.25) is 5.89 Å². The summed E-state index contributed by atoms with van der Waals surface area (Å²) in [6, 6.07) is 5.76. The molecule has 3 rings (SSSR count). The van der Waals surface area contributed by atoms with Gasteiger partial charge < -0.3 is 19.8 Å². The first-order chi connectivity index (χ1) is 9.99. The van der Waals surface area contributed by atoms with Crippen LogP contribution in [0.4, 0.5) is 19.2 Å². The number of hydrogen-bond donors (Lipinski definition) is 2. The largest absolute Gasteiger partial charge is 0.573 e. The van der Waals surface area contributed by atoms with Crippen LogP contribution < -0.4 is 15.4 Å². The number of nitrogens with one attached hydrogen (secondary N) is 2. The summed E-state index contributed by atoms with van der Waals surface area (Å²) in [6.45, 7) is 1.64. The van der Waals surface area contributed by atoms with E-state index < -0.39 is 6.36 Å². The molecule has 1 saturated heterocycles. The number of rotatable bonds is 4. The van der Waals surface area contributed by atoms with Crippen molar-refractivity contribution in [3.63, 3.8) is 0 Å². The third-order valence-corrected chi connectivity index (χ3v) is 2.87. The summed E-state index contributed by atoms with van der Waals surface area (Å²) in [7, 11) is 0. The van der Waals surface area contributed by atoms with Crippen LogP contribution in [0.25, 0.3) is 11.5 Å². The molecule has 0 saturated carbocycles. The van der Waals surface area contributed by atoms with Crippen molar-refractivity contribution in [3.05, 3.63) is 24.3 Å². The standard InChI is InChI=1S/C12H11F3N4O2/c13-12(14,15)21-9-3-1-7(2-4-9)10-18-19-11(20-10)17-8-5-16-6-8/h1-4,8,16H,5-6H2,(H,17,19). The number of hydrogen-bond acceptors (Lipinski definition) is 6. The zero-order valence-corrected chi connectivity index (χ0v) is 10.6. The summed E-state index contributed by atoms with van der Waals surface area (Å²) in [4.78, 5) is 0. The number of halogens is 3. The first kappa shape index (κ1) is 13.7. The van der Waals surface area contributed by atoms with Gasteiger partial charge in [-0.25, -0.2) is 0 Å². The van der Waals surface area contributed by atoms with E-state index in [0.29, 0.717) is 5.56 Å². The van der Waals surface area contributed by atoms with E-state index in [4.69, 9.17) is 4.42 Å². The van der Waals surface area contributed by atoms with E-state index in [1.807, 2.05) is 0 Å². The molecular weight excluding hydrogens is 289 g/mol. The fourth-order valence-corrected chi connectivity index (χ4v) is 1.76. The van der Waals surface area contributed by atoms with Crippen LogP contribution in [0.2, 0.25) is 0 Å². The summed E-state index contributed by atoms with van der Waals surface area (Å²) in [5, 5.41) is 13.8. The lowest BCUT2D eigenvalue weighted by atomic mass is 10.2. The maximum atomic E-state index is 12.1. The van der Waals surface area contributed by atoms with Gasteiger partial charge in [0.1, 0.15) is 5.75 Å². The normalized spacial score (nSPS) is 15.6. The van der Waals surface area contributed by atoms with Crippen LogP contribution in [-0.2, 0) is 0 Å². The second-order valence-corrected chi connectivity index (χ2v) is 4.48. The van der Waals surface area contributed by atoms with Gasteiger partial charge in [-0.1, -0.05) is 5.10 Å². The van der Waals surface area contributed by atoms with E-state index in [-0.39, 0.29) is 23.7 Å². The lowest BCUT2D eigenvalue weighted by Gasteiger charge is -2.26. The van der Waals surface area contributed by atoms with Gasteiger partial charge in [0, 0.05) is 18.7 Å². The van der Waals surface area contributed by atoms with E-state index in [2.05, 4.69) is 25.6 Å². The van der Waals surface area contributed by atoms with Crippen LogP contribution in [0.15, 0.2) is 28.7 Å². The minimum absolute atomic E-state index is 0.225. The minimum Gasteiger partial charge on any atom is -0.406 e. The highest BCUT2D eigenvalue weighted by molar-refractivity contribution is 5.54. The second-order valence-electron chi connectivity index (χ2n) is 4.48. The topological polar surface area (TPSA) is 72.2 Å². The average Bonchev–Trinajstić information content (AvgIpc) is 2.81. The van der Waals surface area contributed by atoms with E-state index >= 15 is 0 Å². The molecule has 0 radical (unpaired) electrons. The Kier molecular flexibility index (Phi) is 3.42. The Balaban J connectivity index is 1.68. The van der Waals surface area contributed by atoms with Gasteiger partial charge in [0.15, 0.2) is 0 Å². The molecule has 1 aromatic heterocycles. The Morgan fingerprint density at radius 2 is 1.90 bits per heavy atom. The molecule has 0 atom stereocenters. The molecule has 2 aromatic rings. The lowest BCUT2D eigenvalue weighted by Crippen LogP contribution is -2.51. The summed E-state index contributed by atoms with van der Waals surface area (Å²) >= 11 is 0. The summed E-state index contributed by atoms with van der Waals surface area (Å²) in [5.74, 6) is -0.0759. The fraction of sp³-hybridized carbons (Fsp3) is 0.333. The zero-order chi connectivity index (χ0) is 14.9. The molecular formula is C12H11F3N4O2. The van der Waals surface area contributed by atoms with Gasteiger partial charge in [0.25, 0.3) is 0 Å². The van der Waals surface area contributed by atoms with Crippen LogP contribution in [0.1, 0.15) is 0 Å². The summed E-state index contributed by atoms with van der Waals surface area (Å²) in [6.07, 6.45) is -4.71. The van der Waals surface area contributed by atoms with Crippen molar-refractivity contribution < 1.29 is 22.3 Å². The molecule has 2 heterocycles. The molecule has 1 aliphatic heterocycles. The monoisotopic (exact) mass is 300 g/mol. The number of alkyl halides is 3. The molecule has 1 aromatic carbocycles. The van der Waals surface area contributed by atoms with E-state index in [9.17, 15) is 13.2 Å². The number of nitrogens with zero attached hydrogens (tertiary/aromatic N) is 2. The molecule has 0 unspecified atom stereocenters. The van der Waals surface area contributed by atoms with E-state index in [1.54, 1.807) is 0 Å². The van der Waals surface area contributed by atoms with Gasteiger partial charge in [-0.05, 0) is 24.3 Å². The van der Waals surface area contributed by atoms with Crippen molar-refractivity contribution in [2.24, 2.45) is 0 Å². The molecule has 9 heteroatoms. The Labute approximate surface area is 117 Å². The van der Waals surface area contributed by atoms with Crippen molar-refractivity contribution in [2.45, 2.75) is 12.4 Å². The predicted molar refractivity (Wildman–Crippen MR) is 66.7 cm³/mol. The molecule has 112 valence electrons. The molecule has 0 spiro atoms. The number of ether oxygens (including phenoxy) is 1. The van der Waals surface area contributed by atoms with E-state index in [0.717, 1.165) is 13.1 Å². The lowest BCUT2D eigenvalue weighted by molar-refractivity contribution is -0.274. The molecule has 0 aliphatic carbocycles. The Morgan fingerprint density at radius 1 is 1.19 bits per heavy atom. The Morgan fingerprint density at radius 3 is 2.48 bits per heavy atom. The predicted octanol–water partition coefficient (Wildman–Crippen LogP) is 2.02. The van der Waals surface area contributed by atoms with Gasteiger partial charge in [-0.2, -0.15) is 0 Å². The van der Waals surface area contributed by atoms with Crippen molar-refractivity contribution >= 4 is 6.01 Å². The molecule has 21 heavy (non-hydrogen) atoms. The van der Waals surface area contributed by atoms with Gasteiger partial charge in [-0.15, -0.1) is 18.3 Å². The average molecular weight is 300 g/mol. The quantitative estimate of drug-likeness (QED) is 0.900. The third kappa shape index (κ3) is 3.43. The highest BCUT2D eigenvalue weighted by Gasteiger charge is 2.31. The van der Waals surface area contributed by atoms with Crippen LogP contribution in [0.5, 0.6) is 5.75 Å². The number of aromatic nitrogens is 2. The van der Waals surface area contributed by atoms with Crippen LogP contribution in [0, 0.1) is 0 Å². The molecule has 1 fully saturated rings. The van der Waals surface area contributed by atoms with Gasteiger partial charge in [0.05, 0.1) is 6.04 Å². The molecule has 1 aliphatic rings. The highest BCUT2D eigenvalue weighted by atomic mass is 19.4. The van der Waals surface area contributed by atoms with Gasteiger partial charge >= 0.3 is 12.4 Å². The SMILES string of the molecule is FC(F)(F)Oc1ccc(-c2nnc(NC3CNC3)o2)cc1. The maximum Gasteiger partial charge on any atom is 0.573 e. The summed E-state index contributed by atoms with van der Waals surface area (Å²) < 4.78 is 45.3. The van der Waals surface area contributed by atoms with Gasteiger partial charge in [-0.3, -0.25) is 0 Å². The number of benzene rings is 1. The van der Waals surface area contributed by atoms with Crippen LogP contribution >= 0.6 is 0 Å². The number of anilines is 1. The summed E-state index contributed by atoms with van der Waals surface area (Å²) in [5.41, 5.74) is 0.511. The first-order valence-corrected chi connectivity index (χ1v) is 6.16. The zero-order valence-electron chi connectivity index (χ0n) is 10.6. The molecule has 6 nitrogen and oxygen atoms in total. The molecule has 0 amide bonds. The third-order valence-electron chi connectivity index (χ3n) is 2.87. The van der Waals surface area contributed by atoms with Crippen molar-refractivity contribution in [1.29, 1.82) is 0 Å².